The van der Waals surface area contributed by atoms with Gasteiger partial charge in [0.15, 0.2) is 0 Å². The molecular weight excluding hydrogens is 246 g/mol. The van der Waals surface area contributed by atoms with Crippen LogP contribution in [0.25, 0.3) is 0 Å². The van der Waals surface area contributed by atoms with Crippen molar-refractivity contribution < 1.29 is 5.11 Å². The van der Waals surface area contributed by atoms with Crippen LogP contribution in [0.1, 0.15) is 72.6 Å². The summed E-state index contributed by atoms with van der Waals surface area (Å²) in [4.78, 5) is 2.54. The van der Waals surface area contributed by atoms with Crippen molar-refractivity contribution in [3.63, 3.8) is 0 Å². The van der Waals surface area contributed by atoms with E-state index in [9.17, 15) is 5.11 Å². The number of aliphatic hydroxyl groups is 1. The van der Waals surface area contributed by atoms with E-state index in [1.54, 1.807) is 0 Å². The highest BCUT2D eigenvalue weighted by Crippen LogP contribution is 2.40. The molecule has 5 atom stereocenters. The maximum Gasteiger partial charge on any atom is 0.0695 e. The van der Waals surface area contributed by atoms with E-state index in [0.717, 1.165) is 18.3 Å². The Kier molecular flexibility index (Phi) is 5.18. The number of hydrogen-bond acceptors (Lipinski definition) is 2. The predicted octanol–water partition coefficient (Wildman–Crippen LogP) is 4.07. The molecule has 0 aromatic carbocycles. The second-order valence-corrected chi connectivity index (χ2v) is 8.60. The summed E-state index contributed by atoms with van der Waals surface area (Å²) in [6.45, 7) is 9.45. The number of nitrogens with zero attached hydrogens (tertiary/aromatic N) is 1. The van der Waals surface area contributed by atoms with Crippen molar-refractivity contribution in [2.45, 2.75) is 90.8 Å². The summed E-state index contributed by atoms with van der Waals surface area (Å²) in [7, 11) is 2.27. The minimum absolute atomic E-state index is 0.115. The summed E-state index contributed by atoms with van der Waals surface area (Å²) in [5.74, 6) is 1.61. The zero-order valence-corrected chi connectivity index (χ0v) is 14.2. The first kappa shape index (κ1) is 16.3. The lowest BCUT2D eigenvalue weighted by molar-refractivity contribution is -0.0305. The quantitative estimate of drug-likeness (QED) is 0.824. The van der Waals surface area contributed by atoms with E-state index in [1.807, 2.05) is 0 Å². The number of aliphatic hydroxyl groups excluding tert-OH is 1. The summed E-state index contributed by atoms with van der Waals surface area (Å²) in [6, 6.07) is 1.07. The molecule has 0 spiro atoms. The Morgan fingerprint density at radius 2 is 1.70 bits per heavy atom. The lowest BCUT2D eigenvalue weighted by Crippen LogP contribution is -2.52. The standard InChI is InChI=1S/C18H35NO/c1-13-7-6-8-15(11-13)19(5)16-12-14(18(2,3)4)9-10-17(16)20/h13-17,20H,6-12H2,1-5H3. The minimum atomic E-state index is -0.115. The Labute approximate surface area is 125 Å². The fourth-order valence-electron chi connectivity index (χ4n) is 4.40. The van der Waals surface area contributed by atoms with Crippen LogP contribution in [0.3, 0.4) is 0 Å². The molecule has 0 aromatic heterocycles. The fourth-order valence-corrected chi connectivity index (χ4v) is 4.40. The molecule has 0 bridgehead atoms. The maximum atomic E-state index is 10.5. The topological polar surface area (TPSA) is 23.5 Å². The molecule has 0 aliphatic heterocycles. The number of likely N-dealkylation sites (N-methyl/N-ethyl adjacent to an activating group) is 1. The molecule has 5 unspecified atom stereocenters. The molecule has 2 saturated carbocycles. The van der Waals surface area contributed by atoms with Crippen molar-refractivity contribution >= 4 is 0 Å². The molecule has 0 aromatic rings. The van der Waals surface area contributed by atoms with E-state index in [1.165, 1.54) is 38.5 Å². The third-order valence-corrected chi connectivity index (χ3v) is 6.01. The number of hydrogen-bond donors (Lipinski definition) is 1. The first-order chi connectivity index (χ1) is 9.29. The predicted molar refractivity (Wildman–Crippen MR) is 85.8 cm³/mol. The van der Waals surface area contributed by atoms with Crippen LogP contribution in [0.15, 0.2) is 0 Å². The van der Waals surface area contributed by atoms with Crippen molar-refractivity contribution in [3.05, 3.63) is 0 Å². The first-order valence-corrected chi connectivity index (χ1v) is 8.69. The second kappa shape index (κ2) is 6.36. The summed E-state index contributed by atoms with van der Waals surface area (Å²) < 4.78 is 0. The van der Waals surface area contributed by atoms with Gasteiger partial charge in [0, 0.05) is 12.1 Å². The van der Waals surface area contributed by atoms with Crippen LogP contribution in [0.5, 0.6) is 0 Å². The van der Waals surface area contributed by atoms with Crippen LogP contribution < -0.4 is 0 Å². The summed E-state index contributed by atoms with van der Waals surface area (Å²) in [5.41, 5.74) is 0.374. The SMILES string of the molecule is CC1CCCC(N(C)C2CC(C(C)(C)C)CCC2O)C1. The zero-order chi connectivity index (χ0) is 14.9. The van der Waals surface area contributed by atoms with Crippen LogP contribution >= 0.6 is 0 Å². The summed E-state index contributed by atoms with van der Waals surface area (Å²) in [6.07, 6.45) is 8.63. The molecule has 2 fully saturated rings. The Bertz CT molecular complexity index is 309. The van der Waals surface area contributed by atoms with Gasteiger partial charge in [-0.15, -0.1) is 0 Å². The van der Waals surface area contributed by atoms with Crippen molar-refractivity contribution in [1.82, 2.24) is 4.90 Å². The summed E-state index contributed by atoms with van der Waals surface area (Å²) in [5, 5.41) is 10.5. The van der Waals surface area contributed by atoms with Gasteiger partial charge < -0.3 is 5.11 Å². The fraction of sp³-hybridized carbons (Fsp3) is 1.00. The largest absolute Gasteiger partial charge is 0.391 e. The molecule has 20 heavy (non-hydrogen) atoms. The Morgan fingerprint density at radius 3 is 2.30 bits per heavy atom. The van der Waals surface area contributed by atoms with E-state index in [0.29, 0.717) is 17.5 Å². The highest BCUT2D eigenvalue weighted by molar-refractivity contribution is 4.92. The molecule has 0 amide bonds. The highest BCUT2D eigenvalue weighted by atomic mass is 16.3. The van der Waals surface area contributed by atoms with Gasteiger partial charge in [0.25, 0.3) is 0 Å². The van der Waals surface area contributed by atoms with E-state index >= 15 is 0 Å². The minimum Gasteiger partial charge on any atom is -0.391 e. The number of rotatable bonds is 2. The molecule has 0 radical (unpaired) electrons. The van der Waals surface area contributed by atoms with Gasteiger partial charge in [0.05, 0.1) is 6.10 Å². The van der Waals surface area contributed by atoms with E-state index in [-0.39, 0.29) is 6.10 Å². The molecule has 2 rings (SSSR count). The molecule has 0 heterocycles. The third kappa shape index (κ3) is 3.76. The highest BCUT2D eigenvalue weighted by Gasteiger charge is 2.39. The normalized spacial score (nSPS) is 40.0. The average molecular weight is 281 g/mol. The van der Waals surface area contributed by atoms with Crippen molar-refractivity contribution in [3.8, 4) is 0 Å². The molecule has 2 heteroatoms. The van der Waals surface area contributed by atoms with Gasteiger partial charge in [0.1, 0.15) is 0 Å². The smallest absolute Gasteiger partial charge is 0.0695 e. The molecular formula is C18H35NO. The summed E-state index contributed by atoms with van der Waals surface area (Å²) >= 11 is 0. The Hall–Kier alpha value is -0.0800. The van der Waals surface area contributed by atoms with Crippen molar-refractivity contribution in [2.24, 2.45) is 17.3 Å². The average Bonchev–Trinajstić information content (AvgIpc) is 2.37. The van der Waals surface area contributed by atoms with Gasteiger partial charge in [-0.3, -0.25) is 4.90 Å². The molecule has 2 aliphatic rings. The Balaban J connectivity index is 2.01. The molecule has 2 nitrogen and oxygen atoms in total. The second-order valence-electron chi connectivity index (χ2n) is 8.60. The van der Waals surface area contributed by atoms with E-state index < -0.39 is 0 Å². The van der Waals surface area contributed by atoms with Crippen molar-refractivity contribution in [2.75, 3.05) is 7.05 Å². The molecule has 0 saturated heterocycles. The van der Waals surface area contributed by atoms with E-state index in [4.69, 9.17) is 0 Å². The lowest BCUT2D eigenvalue weighted by Gasteiger charge is -2.47. The van der Waals surface area contributed by atoms with Crippen LogP contribution in [0.4, 0.5) is 0 Å². The first-order valence-electron chi connectivity index (χ1n) is 8.69. The molecule has 118 valence electrons. The van der Waals surface area contributed by atoms with Crippen LogP contribution in [0.2, 0.25) is 0 Å². The van der Waals surface area contributed by atoms with Crippen LogP contribution in [-0.4, -0.2) is 35.2 Å². The van der Waals surface area contributed by atoms with Gasteiger partial charge in [-0.1, -0.05) is 40.5 Å². The van der Waals surface area contributed by atoms with Crippen LogP contribution in [-0.2, 0) is 0 Å². The molecule has 2 aliphatic carbocycles. The van der Waals surface area contributed by atoms with Gasteiger partial charge in [-0.05, 0) is 56.4 Å². The monoisotopic (exact) mass is 281 g/mol. The maximum absolute atomic E-state index is 10.5. The third-order valence-electron chi connectivity index (χ3n) is 6.01. The van der Waals surface area contributed by atoms with Crippen molar-refractivity contribution in [1.29, 1.82) is 0 Å². The zero-order valence-electron chi connectivity index (χ0n) is 14.2. The van der Waals surface area contributed by atoms with Gasteiger partial charge in [-0.25, -0.2) is 0 Å². The molecule has 1 N–H and O–H groups in total. The Morgan fingerprint density at radius 1 is 1.00 bits per heavy atom. The van der Waals surface area contributed by atoms with Gasteiger partial charge in [-0.2, -0.15) is 0 Å². The van der Waals surface area contributed by atoms with Gasteiger partial charge >= 0.3 is 0 Å². The lowest BCUT2D eigenvalue weighted by atomic mass is 9.69. The van der Waals surface area contributed by atoms with E-state index in [2.05, 4.69) is 39.6 Å². The van der Waals surface area contributed by atoms with Crippen LogP contribution in [0, 0.1) is 17.3 Å². The van der Waals surface area contributed by atoms with Gasteiger partial charge in [0.2, 0.25) is 0 Å².